The van der Waals surface area contributed by atoms with Crippen molar-refractivity contribution in [2.75, 3.05) is 11.1 Å². The molecule has 7 nitrogen and oxygen atoms in total. The van der Waals surface area contributed by atoms with E-state index < -0.39 is 15.7 Å². The van der Waals surface area contributed by atoms with Gasteiger partial charge in [0.25, 0.3) is 5.91 Å². The molecule has 0 bridgehead atoms. The molecule has 2 aromatic heterocycles. The molecular formula is C21H18ClN3O4S2. The predicted molar refractivity (Wildman–Crippen MR) is 122 cm³/mol. The number of phenols is 1. The number of nitrogens with zero attached hydrogens (tertiary/aromatic N) is 2. The van der Waals surface area contributed by atoms with Crippen LogP contribution in [-0.4, -0.2) is 35.0 Å². The van der Waals surface area contributed by atoms with Crippen molar-refractivity contribution >= 4 is 54.6 Å². The number of thiophene rings is 1. The minimum absolute atomic E-state index is 0.0291. The Morgan fingerprint density at radius 1 is 1.23 bits per heavy atom. The van der Waals surface area contributed by atoms with Crippen LogP contribution in [0, 0.1) is 6.92 Å². The van der Waals surface area contributed by atoms with Gasteiger partial charge < -0.3 is 10.4 Å². The largest absolute Gasteiger partial charge is 0.506 e. The SMILES string of the molecule is CCS(=O)(=O)c1ccc(O)c(NC(=O)c2cc3c(C)nn(-c4ccccc4Cl)c3s2)c1. The second-order valence-electron chi connectivity index (χ2n) is 6.81. The molecule has 4 aromatic rings. The Hall–Kier alpha value is -2.88. The van der Waals surface area contributed by atoms with Gasteiger partial charge in [-0.2, -0.15) is 5.10 Å². The molecule has 0 fully saturated rings. The highest BCUT2D eigenvalue weighted by Crippen LogP contribution is 2.34. The van der Waals surface area contributed by atoms with Crippen molar-refractivity contribution in [3.63, 3.8) is 0 Å². The molecule has 0 aliphatic rings. The van der Waals surface area contributed by atoms with Gasteiger partial charge in [0, 0.05) is 5.39 Å². The van der Waals surface area contributed by atoms with Gasteiger partial charge in [-0.3, -0.25) is 4.79 Å². The van der Waals surface area contributed by atoms with Gasteiger partial charge >= 0.3 is 0 Å². The molecule has 160 valence electrons. The number of aryl methyl sites for hydroxylation is 1. The number of nitrogens with one attached hydrogen (secondary N) is 1. The lowest BCUT2D eigenvalue weighted by molar-refractivity contribution is 0.103. The first kappa shape index (κ1) is 21.4. The number of carbonyl (C=O) groups excluding carboxylic acids is 1. The molecular weight excluding hydrogens is 458 g/mol. The van der Waals surface area contributed by atoms with Crippen molar-refractivity contribution in [3.05, 3.63) is 64.1 Å². The molecule has 0 aliphatic carbocycles. The summed E-state index contributed by atoms with van der Waals surface area (Å²) in [5.41, 5.74) is 1.47. The Bertz CT molecular complexity index is 1420. The summed E-state index contributed by atoms with van der Waals surface area (Å²) in [6, 6.07) is 12.8. The second kappa shape index (κ2) is 7.99. The zero-order chi connectivity index (χ0) is 22.3. The van der Waals surface area contributed by atoms with Crippen molar-refractivity contribution in [2.45, 2.75) is 18.7 Å². The smallest absolute Gasteiger partial charge is 0.265 e. The molecule has 31 heavy (non-hydrogen) atoms. The number of carbonyl (C=O) groups is 1. The lowest BCUT2D eigenvalue weighted by Crippen LogP contribution is -2.11. The number of hydrogen-bond acceptors (Lipinski definition) is 6. The Balaban J connectivity index is 1.71. The molecule has 10 heteroatoms. The van der Waals surface area contributed by atoms with Gasteiger partial charge in [0.05, 0.1) is 37.6 Å². The van der Waals surface area contributed by atoms with Crippen molar-refractivity contribution in [2.24, 2.45) is 0 Å². The number of hydrogen-bond donors (Lipinski definition) is 2. The third-order valence-electron chi connectivity index (χ3n) is 4.80. The Kier molecular flexibility index (Phi) is 5.50. The van der Waals surface area contributed by atoms with E-state index in [9.17, 15) is 18.3 Å². The van der Waals surface area contributed by atoms with Gasteiger partial charge in [-0.1, -0.05) is 30.7 Å². The number of aromatic hydroxyl groups is 1. The maximum absolute atomic E-state index is 12.9. The predicted octanol–water partition coefficient (Wildman–Crippen LogP) is 4.80. The van der Waals surface area contributed by atoms with E-state index in [1.54, 1.807) is 16.8 Å². The number of para-hydroxylation sites is 1. The van der Waals surface area contributed by atoms with E-state index in [2.05, 4.69) is 10.4 Å². The minimum atomic E-state index is -3.48. The van der Waals surface area contributed by atoms with E-state index in [-0.39, 0.29) is 22.1 Å². The summed E-state index contributed by atoms with van der Waals surface area (Å²) in [6.07, 6.45) is 0. The average molecular weight is 476 g/mol. The molecule has 0 atom stereocenters. The molecule has 0 unspecified atom stereocenters. The highest BCUT2D eigenvalue weighted by atomic mass is 35.5. The van der Waals surface area contributed by atoms with E-state index in [0.717, 1.165) is 15.9 Å². The van der Waals surface area contributed by atoms with Gasteiger partial charge in [-0.05, 0) is 43.3 Å². The van der Waals surface area contributed by atoms with Gasteiger partial charge in [0.15, 0.2) is 9.84 Å². The van der Waals surface area contributed by atoms with Gasteiger partial charge in [0.2, 0.25) is 0 Å². The monoisotopic (exact) mass is 475 g/mol. The number of rotatable bonds is 5. The number of fused-ring (bicyclic) bond motifs is 1. The van der Waals surface area contributed by atoms with E-state index in [1.807, 2.05) is 25.1 Å². The molecule has 1 amide bonds. The van der Waals surface area contributed by atoms with Crippen LogP contribution in [-0.2, 0) is 9.84 Å². The van der Waals surface area contributed by atoms with Crippen LogP contribution in [0.2, 0.25) is 5.02 Å². The summed E-state index contributed by atoms with van der Waals surface area (Å²) in [6.45, 7) is 3.37. The van der Waals surface area contributed by atoms with Crippen LogP contribution in [0.4, 0.5) is 5.69 Å². The standard InChI is InChI=1S/C21H18ClN3O4S2/c1-3-31(28,29)13-8-9-18(26)16(10-13)23-20(27)19-11-14-12(2)24-25(21(14)30-19)17-7-5-4-6-15(17)22/h4-11,26H,3H2,1-2H3,(H,23,27). The molecule has 2 N–H and O–H groups in total. The fraction of sp³-hybridized carbons (Fsp3) is 0.143. The Labute approximate surface area is 187 Å². The molecule has 2 heterocycles. The molecule has 0 saturated carbocycles. The lowest BCUT2D eigenvalue weighted by Gasteiger charge is -2.09. The average Bonchev–Trinajstić information content (AvgIpc) is 3.31. The molecule has 0 radical (unpaired) electrons. The van der Waals surface area contributed by atoms with Crippen molar-refractivity contribution < 1.29 is 18.3 Å². The zero-order valence-corrected chi connectivity index (χ0v) is 19.0. The number of sulfone groups is 1. The van der Waals surface area contributed by atoms with E-state index in [0.29, 0.717) is 15.6 Å². The highest BCUT2D eigenvalue weighted by molar-refractivity contribution is 7.91. The van der Waals surface area contributed by atoms with Gasteiger partial charge in [0.1, 0.15) is 10.6 Å². The second-order valence-corrected chi connectivity index (χ2v) is 10.5. The molecule has 0 spiro atoms. The van der Waals surface area contributed by atoms with Gasteiger partial charge in [-0.15, -0.1) is 11.3 Å². The number of phenolic OH excluding ortho intramolecular Hbond substituents is 1. The fourth-order valence-electron chi connectivity index (χ4n) is 3.11. The number of benzene rings is 2. The van der Waals surface area contributed by atoms with Crippen molar-refractivity contribution in [1.29, 1.82) is 0 Å². The molecule has 4 rings (SSSR count). The molecule has 0 saturated heterocycles. The van der Waals surface area contributed by atoms with Crippen LogP contribution in [0.1, 0.15) is 22.3 Å². The Morgan fingerprint density at radius 2 is 1.97 bits per heavy atom. The Morgan fingerprint density at radius 3 is 2.68 bits per heavy atom. The third kappa shape index (κ3) is 3.91. The lowest BCUT2D eigenvalue weighted by atomic mass is 10.2. The summed E-state index contributed by atoms with van der Waals surface area (Å²) >= 11 is 7.54. The fourth-order valence-corrected chi connectivity index (χ4v) is 5.30. The topological polar surface area (TPSA) is 101 Å². The minimum Gasteiger partial charge on any atom is -0.506 e. The van der Waals surface area contributed by atoms with E-state index >= 15 is 0 Å². The van der Waals surface area contributed by atoms with Crippen molar-refractivity contribution in [1.82, 2.24) is 9.78 Å². The van der Waals surface area contributed by atoms with Crippen LogP contribution in [0.5, 0.6) is 5.75 Å². The van der Waals surface area contributed by atoms with Crippen LogP contribution in [0.15, 0.2) is 53.4 Å². The maximum atomic E-state index is 12.9. The number of aromatic nitrogens is 2. The van der Waals surface area contributed by atoms with Crippen LogP contribution < -0.4 is 5.32 Å². The normalized spacial score (nSPS) is 11.7. The number of amides is 1. The first-order valence-corrected chi connectivity index (χ1v) is 12.2. The summed E-state index contributed by atoms with van der Waals surface area (Å²) in [4.78, 5) is 14.0. The molecule has 2 aromatic carbocycles. The van der Waals surface area contributed by atoms with Crippen LogP contribution in [0.25, 0.3) is 15.9 Å². The van der Waals surface area contributed by atoms with Crippen molar-refractivity contribution in [3.8, 4) is 11.4 Å². The summed E-state index contributed by atoms with van der Waals surface area (Å²) in [7, 11) is -3.48. The highest BCUT2D eigenvalue weighted by Gasteiger charge is 2.20. The summed E-state index contributed by atoms with van der Waals surface area (Å²) in [5.74, 6) is -0.769. The van der Waals surface area contributed by atoms with E-state index in [1.165, 1.54) is 36.5 Å². The molecule has 0 aliphatic heterocycles. The maximum Gasteiger partial charge on any atom is 0.265 e. The summed E-state index contributed by atoms with van der Waals surface area (Å²) < 4.78 is 25.9. The first-order valence-electron chi connectivity index (χ1n) is 9.32. The quantitative estimate of drug-likeness (QED) is 0.404. The van der Waals surface area contributed by atoms with E-state index in [4.69, 9.17) is 11.6 Å². The number of halogens is 1. The van der Waals surface area contributed by atoms with Crippen LogP contribution >= 0.6 is 22.9 Å². The summed E-state index contributed by atoms with van der Waals surface area (Å²) in [5, 5.41) is 18.6. The first-order chi connectivity index (χ1) is 14.7. The number of anilines is 1. The zero-order valence-electron chi connectivity index (χ0n) is 16.6. The van der Waals surface area contributed by atoms with Crippen LogP contribution in [0.3, 0.4) is 0 Å². The third-order valence-corrected chi connectivity index (χ3v) is 7.97. The van der Waals surface area contributed by atoms with Gasteiger partial charge in [-0.25, -0.2) is 13.1 Å².